The molecule has 2 heterocycles. The van der Waals surface area contributed by atoms with Gasteiger partial charge in [0.05, 0.1) is 0 Å². The lowest BCUT2D eigenvalue weighted by Gasteiger charge is -2.14. The van der Waals surface area contributed by atoms with Crippen molar-refractivity contribution in [3.8, 4) is 0 Å². The molecule has 4 aromatic rings. The number of hydrogen-bond donors (Lipinski definition) is 0. The summed E-state index contributed by atoms with van der Waals surface area (Å²) in [5.74, 6) is 0.415. The second kappa shape index (κ2) is 9.23. The molecule has 2 aromatic carbocycles. The second-order valence-electron chi connectivity index (χ2n) is 6.91. The summed E-state index contributed by atoms with van der Waals surface area (Å²) in [6.07, 6.45) is 1.76. The van der Waals surface area contributed by atoms with Crippen molar-refractivity contribution in [2.75, 3.05) is 0 Å². The summed E-state index contributed by atoms with van der Waals surface area (Å²) in [5.41, 5.74) is 5.54. The average molecular weight is 445 g/mol. The summed E-state index contributed by atoms with van der Waals surface area (Å²) in [6, 6.07) is 19.8. The number of aryl methyl sites for hydroxylation is 1. The molecule has 6 heteroatoms. The molecule has 0 saturated heterocycles. The molecule has 1 unspecified atom stereocenters. The van der Waals surface area contributed by atoms with Crippen molar-refractivity contribution in [1.82, 2.24) is 9.55 Å². The van der Waals surface area contributed by atoms with E-state index in [-0.39, 0.29) is 12.4 Å². The van der Waals surface area contributed by atoms with Crippen LogP contribution in [0.25, 0.3) is 10.9 Å². The van der Waals surface area contributed by atoms with Gasteiger partial charge in [0.1, 0.15) is 11.3 Å². The molecule has 0 saturated carbocycles. The molecular weight excluding hydrogens is 423 g/mol. The maximum atomic E-state index is 13.2. The van der Waals surface area contributed by atoms with E-state index in [2.05, 4.69) is 35.5 Å². The standard InChI is InChI=1S/C23H21ClN2OS.ClH/c1-16-17(2)26(14-18-6-4-3-5-7-18)22-21(16)12-13-25-23(22)28(27)15-19-8-10-20(24)11-9-19;/h3-13H,14-15H2,1-2H3;1H. The van der Waals surface area contributed by atoms with Crippen LogP contribution in [-0.4, -0.2) is 14.1 Å². The minimum Gasteiger partial charge on any atom is -0.610 e. The van der Waals surface area contributed by atoms with Crippen LogP contribution in [0, 0.1) is 13.8 Å². The highest BCUT2D eigenvalue weighted by Crippen LogP contribution is 2.31. The Morgan fingerprint density at radius 2 is 1.66 bits per heavy atom. The molecule has 2 aromatic heterocycles. The molecule has 150 valence electrons. The van der Waals surface area contributed by atoms with E-state index in [0.29, 0.717) is 15.8 Å². The molecule has 4 rings (SSSR count). The molecule has 0 fully saturated rings. The smallest absolute Gasteiger partial charge is 0.269 e. The highest BCUT2D eigenvalue weighted by molar-refractivity contribution is 7.90. The van der Waals surface area contributed by atoms with Gasteiger partial charge in [0.25, 0.3) is 5.03 Å². The molecule has 3 nitrogen and oxygen atoms in total. The molecule has 0 radical (unpaired) electrons. The van der Waals surface area contributed by atoms with Gasteiger partial charge >= 0.3 is 0 Å². The van der Waals surface area contributed by atoms with Crippen LogP contribution in [0.15, 0.2) is 71.9 Å². The van der Waals surface area contributed by atoms with Crippen LogP contribution < -0.4 is 0 Å². The highest BCUT2D eigenvalue weighted by atomic mass is 35.5. The van der Waals surface area contributed by atoms with Gasteiger partial charge in [-0.15, -0.1) is 12.4 Å². The maximum absolute atomic E-state index is 13.2. The van der Waals surface area contributed by atoms with Gasteiger partial charge in [0.2, 0.25) is 0 Å². The summed E-state index contributed by atoms with van der Waals surface area (Å²) < 4.78 is 15.5. The molecular formula is C23H22Cl2N2OS. The van der Waals surface area contributed by atoms with Crippen molar-refractivity contribution in [3.63, 3.8) is 0 Å². The van der Waals surface area contributed by atoms with Crippen LogP contribution in [0.4, 0.5) is 0 Å². The van der Waals surface area contributed by atoms with Crippen molar-refractivity contribution >= 4 is 46.1 Å². The second-order valence-corrected chi connectivity index (χ2v) is 8.71. The van der Waals surface area contributed by atoms with Crippen LogP contribution in [0.3, 0.4) is 0 Å². The van der Waals surface area contributed by atoms with E-state index in [1.54, 1.807) is 6.20 Å². The molecule has 0 bridgehead atoms. The van der Waals surface area contributed by atoms with Crippen molar-refractivity contribution in [2.45, 2.75) is 31.2 Å². The summed E-state index contributed by atoms with van der Waals surface area (Å²) in [4.78, 5) is 4.53. The third kappa shape index (κ3) is 4.46. The van der Waals surface area contributed by atoms with Gasteiger partial charge in [-0.3, -0.25) is 0 Å². The van der Waals surface area contributed by atoms with Gasteiger partial charge in [0, 0.05) is 45.6 Å². The van der Waals surface area contributed by atoms with Crippen LogP contribution in [-0.2, 0) is 23.5 Å². The fraction of sp³-hybridized carbons (Fsp3) is 0.174. The Balaban J connectivity index is 0.00000240. The highest BCUT2D eigenvalue weighted by Gasteiger charge is 2.23. The van der Waals surface area contributed by atoms with Crippen molar-refractivity contribution in [1.29, 1.82) is 0 Å². The number of pyridine rings is 1. The number of fused-ring (bicyclic) bond motifs is 1. The molecule has 0 N–H and O–H groups in total. The lowest BCUT2D eigenvalue weighted by atomic mass is 10.2. The van der Waals surface area contributed by atoms with Gasteiger partial charge in [-0.1, -0.05) is 54.1 Å². The Morgan fingerprint density at radius 1 is 0.966 bits per heavy atom. The minimum absolute atomic E-state index is 0. The Labute approximate surface area is 185 Å². The summed E-state index contributed by atoms with van der Waals surface area (Å²) in [7, 11) is 0. The number of benzene rings is 2. The Morgan fingerprint density at radius 3 is 2.34 bits per heavy atom. The monoisotopic (exact) mass is 444 g/mol. The topological polar surface area (TPSA) is 40.9 Å². The first-order chi connectivity index (χ1) is 13.5. The summed E-state index contributed by atoms with van der Waals surface area (Å²) >= 11 is 4.72. The zero-order valence-electron chi connectivity index (χ0n) is 16.3. The number of rotatable bonds is 5. The van der Waals surface area contributed by atoms with E-state index in [1.165, 1.54) is 16.8 Å². The van der Waals surface area contributed by atoms with E-state index < -0.39 is 11.2 Å². The molecule has 0 amide bonds. The van der Waals surface area contributed by atoms with Crippen LogP contribution in [0.2, 0.25) is 5.02 Å². The Hall–Kier alpha value is -1.98. The van der Waals surface area contributed by atoms with E-state index in [4.69, 9.17) is 11.6 Å². The van der Waals surface area contributed by atoms with E-state index in [1.807, 2.05) is 48.5 Å². The molecule has 0 aliphatic heterocycles. The first-order valence-electron chi connectivity index (χ1n) is 9.15. The zero-order valence-corrected chi connectivity index (χ0v) is 18.7. The third-order valence-electron chi connectivity index (χ3n) is 5.12. The minimum atomic E-state index is -1.25. The number of nitrogens with zero attached hydrogens (tertiary/aromatic N) is 2. The lowest BCUT2D eigenvalue weighted by Crippen LogP contribution is -2.11. The van der Waals surface area contributed by atoms with Gasteiger partial charge < -0.3 is 9.12 Å². The number of halogens is 2. The van der Waals surface area contributed by atoms with Gasteiger partial charge in [-0.25, -0.2) is 4.98 Å². The van der Waals surface area contributed by atoms with Crippen LogP contribution in [0.1, 0.15) is 22.4 Å². The van der Waals surface area contributed by atoms with Crippen LogP contribution >= 0.6 is 24.0 Å². The Bertz CT molecular complexity index is 1110. The largest absolute Gasteiger partial charge is 0.610 e. The average Bonchev–Trinajstić information content (AvgIpc) is 2.95. The predicted octanol–water partition coefficient (Wildman–Crippen LogP) is 6.08. The molecule has 0 aliphatic carbocycles. The SMILES string of the molecule is Cc1c(C)n(Cc2ccccc2)c2c([S+]([O-])Cc3ccc(Cl)cc3)nccc12.Cl. The molecule has 0 aliphatic rings. The zero-order chi connectivity index (χ0) is 19.7. The Kier molecular flexibility index (Phi) is 6.91. The molecule has 29 heavy (non-hydrogen) atoms. The van der Waals surface area contributed by atoms with E-state index >= 15 is 0 Å². The lowest BCUT2D eigenvalue weighted by molar-refractivity contribution is 0.590. The van der Waals surface area contributed by atoms with E-state index in [0.717, 1.165) is 23.0 Å². The van der Waals surface area contributed by atoms with E-state index in [9.17, 15) is 4.55 Å². The van der Waals surface area contributed by atoms with Crippen molar-refractivity contribution in [3.05, 3.63) is 94.3 Å². The van der Waals surface area contributed by atoms with Gasteiger partial charge in [-0.2, -0.15) is 0 Å². The number of aromatic nitrogens is 2. The van der Waals surface area contributed by atoms with Crippen molar-refractivity contribution in [2.24, 2.45) is 0 Å². The predicted molar refractivity (Wildman–Crippen MR) is 124 cm³/mol. The number of hydrogen-bond acceptors (Lipinski definition) is 2. The van der Waals surface area contributed by atoms with Crippen LogP contribution in [0.5, 0.6) is 0 Å². The normalized spacial score (nSPS) is 12.0. The summed E-state index contributed by atoms with van der Waals surface area (Å²) in [5, 5.41) is 2.43. The fourth-order valence-corrected chi connectivity index (χ4v) is 4.87. The van der Waals surface area contributed by atoms with Gasteiger partial charge in [-0.05, 0) is 43.2 Å². The first-order valence-corrected chi connectivity index (χ1v) is 10.9. The van der Waals surface area contributed by atoms with Crippen molar-refractivity contribution < 1.29 is 4.55 Å². The summed E-state index contributed by atoms with van der Waals surface area (Å²) in [6.45, 7) is 4.96. The first kappa shape index (κ1) is 21.7. The third-order valence-corrected chi connectivity index (χ3v) is 6.70. The molecule has 0 spiro atoms. The van der Waals surface area contributed by atoms with Gasteiger partial charge in [0.15, 0.2) is 0 Å². The maximum Gasteiger partial charge on any atom is 0.269 e. The quantitative estimate of drug-likeness (QED) is 0.349. The fourth-order valence-electron chi connectivity index (χ4n) is 3.49. The molecule has 1 atom stereocenters.